The van der Waals surface area contributed by atoms with E-state index in [0.717, 1.165) is 18.6 Å². The molecular formula is C17H15ClF3N5O2. The highest BCUT2D eigenvalue weighted by Gasteiger charge is 2.31. The SMILES string of the molecule is O=c1[nH]c(N2CCCOCC2)nc2nn(-c3ccc(C(F)(F)F)cc3Cl)cc12. The second-order valence-corrected chi connectivity index (χ2v) is 6.72. The predicted octanol–water partition coefficient (Wildman–Crippen LogP) is 3.01. The number of rotatable bonds is 2. The number of aromatic amines is 1. The van der Waals surface area contributed by atoms with Crippen LogP contribution in [0.2, 0.25) is 5.02 Å². The number of anilines is 1. The molecule has 1 N–H and O–H groups in total. The number of hydrogen-bond acceptors (Lipinski definition) is 5. The van der Waals surface area contributed by atoms with Crippen LogP contribution < -0.4 is 10.5 Å². The molecule has 3 aromatic rings. The summed E-state index contributed by atoms with van der Waals surface area (Å²) >= 11 is 6.02. The number of aromatic nitrogens is 4. The van der Waals surface area contributed by atoms with E-state index in [9.17, 15) is 18.0 Å². The van der Waals surface area contributed by atoms with Crippen molar-refractivity contribution in [3.8, 4) is 5.69 Å². The molecule has 0 atom stereocenters. The van der Waals surface area contributed by atoms with E-state index in [0.29, 0.717) is 32.3 Å². The molecule has 11 heteroatoms. The average molecular weight is 414 g/mol. The Hall–Kier alpha value is -2.59. The monoisotopic (exact) mass is 413 g/mol. The minimum absolute atomic E-state index is 0.135. The van der Waals surface area contributed by atoms with Crippen LogP contribution in [0.25, 0.3) is 16.7 Å². The summed E-state index contributed by atoms with van der Waals surface area (Å²) in [6.45, 7) is 2.43. The Morgan fingerprint density at radius 2 is 2.04 bits per heavy atom. The summed E-state index contributed by atoms with van der Waals surface area (Å²) in [5, 5.41) is 4.32. The minimum Gasteiger partial charge on any atom is -0.380 e. The summed E-state index contributed by atoms with van der Waals surface area (Å²) in [6.07, 6.45) is -2.30. The van der Waals surface area contributed by atoms with Crippen LogP contribution in [-0.2, 0) is 10.9 Å². The lowest BCUT2D eigenvalue weighted by molar-refractivity contribution is -0.137. The van der Waals surface area contributed by atoms with Crippen LogP contribution in [0.5, 0.6) is 0 Å². The highest BCUT2D eigenvalue weighted by molar-refractivity contribution is 6.32. The zero-order valence-corrected chi connectivity index (χ0v) is 15.2. The highest BCUT2D eigenvalue weighted by atomic mass is 35.5. The van der Waals surface area contributed by atoms with Crippen molar-refractivity contribution >= 4 is 28.6 Å². The van der Waals surface area contributed by atoms with Gasteiger partial charge in [0.15, 0.2) is 5.65 Å². The standard InChI is InChI=1S/C17H15ClF3N5O2/c18-12-8-10(17(19,20)21)2-3-13(12)26-9-11-14(24-26)22-16(23-15(11)27)25-4-1-6-28-7-5-25/h2-3,8-9H,1,4-7H2,(H,22,23,24,27). The third-order valence-corrected chi connectivity index (χ3v) is 4.72. The average Bonchev–Trinajstić information content (AvgIpc) is 2.88. The van der Waals surface area contributed by atoms with Crippen molar-refractivity contribution in [2.45, 2.75) is 12.6 Å². The van der Waals surface area contributed by atoms with E-state index < -0.39 is 11.7 Å². The summed E-state index contributed by atoms with van der Waals surface area (Å²) < 4.78 is 45.1. The molecule has 7 nitrogen and oxygen atoms in total. The van der Waals surface area contributed by atoms with Crippen molar-refractivity contribution in [3.05, 3.63) is 45.3 Å². The molecule has 2 aromatic heterocycles. The first-order valence-corrected chi connectivity index (χ1v) is 8.90. The van der Waals surface area contributed by atoms with Gasteiger partial charge in [-0.25, -0.2) is 4.68 Å². The first kappa shape index (κ1) is 18.8. The second kappa shape index (κ2) is 7.10. The molecule has 0 spiro atoms. The van der Waals surface area contributed by atoms with Gasteiger partial charge in [0, 0.05) is 25.9 Å². The van der Waals surface area contributed by atoms with E-state index in [4.69, 9.17) is 16.3 Å². The van der Waals surface area contributed by atoms with Gasteiger partial charge in [-0.1, -0.05) is 11.6 Å². The number of H-pyrrole nitrogens is 1. The first-order valence-electron chi connectivity index (χ1n) is 8.52. The van der Waals surface area contributed by atoms with Gasteiger partial charge in [-0.15, -0.1) is 5.10 Å². The lowest BCUT2D eigenvalue weighted by atomic mass is 10.2. The van der Waals surface area contributed by atoms with Crippen molar-refractivity contribution in [1.29, 1.82) is 0 Å². The molecule has 148 valence electrons. The number of alkyl halides is 3. The van der Waals surface area contributed by atoms with Crippen LogP contribution in [-0.4, -0.2) is 46.1 Å². The lowest BCUT2D eigenvalue weighted by Crippen LogP contribution is -2.29. The molecule has 28 heavy (non-hydrogen) atoms. The molecule has 1 fully saturated rings. The van der Waals surface area contributed by atoms with E-state index in [-0.39, 0.29) is 27.3 Å². The normalized spacial score (nSPS) is 15.8. The maximum Gasteiger partial charge on any atom is 0.416 e. The van der Waals surface area contributed by atoms with Crippen LogP contribution in [0.3, 0.4) is 0 Å². The van der Waals surface area contributed by atoms with Crippen molar-refractivity contribution in [2.75, 3.05) is 31.2 Å². The zero-order valence-electron chi connectivity index (χ0n) is 14.5. The van der Waals surface area contributed by atoms with Crippen LogP contribution in [0.1, 0.15) is 12.0 Å². The molecule has 0 unspecified atom stereocenters. The van der Waals surface area contributed by atoms with Gasteiger partial charge in [-0.05, 0) is 24.6 Å². The molecule has 0 amide bonds. The predicted molar refractivity (Wildman–Crippen MR) is 97.1 cm³/mol. The lowest BCUT2D eigenvalue weighted by Gasteiger charge is -2.19. The summed E-state index contributed by atoms with van der Waals surface area (Å²) in [7, 11) is 0. The fourth-order valence-corrected chi connectivity index (χ4v) is 3.27. The van der Waals surface area contributed by atoms with Gasteiger partial charge in [0.05, 0.1) is 22.9 Å². The maximum atomic E-state index is 12.8. The van der Waals surface area contributed by atoms with E-state index >= 15 is 0 Å². The number of benzene rings is 1. The van der Waals surface area contributed by atoms with Crippen LogP contribution >= 0.6 is 11.6 Å². The Morgan fingerprint density at radius 3 is 2.79 bits per heavy atom. The second-order valence-electron chi connectivity index (χ2n) is 6.32. The molecule has 0 aliphatic carbocycles. The van der Waals surface area contributed by atoms with Gasteiger partial charge >= 0.3 is 6.18 Å². The Kier molecular flexibility index (Phi) is 4.76. The maximum absolute atomic E-state index is 12.8. The quantitative estimate of drug-likeness (QED) is 0.699. The van der Waals surface area contributed by atoms with Gasteiger partial charge in [0.2, 0.25) is 5.95 Å². The Bertz CT molecular complexity index is 1070. The molecular weight excluding hydrogens is 399 g/mol. The number of fused-ring (bicyclic) bond motifs is 1. The van der Waals surface area contributed by atoms with Crippen LogP contribution in [0, 0.1) is 0 Å². The van der Waals surface area contributed by atoms with E-state index in [1.807, 2.05) is 4.90 Å². The largest absolute Gasteiger partial charge is 0.416 e. The summed E-state index contributed by atoms with van der Waals surface area (Å²) in [4.78, 5) is 21.5. The smallest absolute Gasteiger partial charge is 0.380 e. The van der Waals surface area contributed by atoms with Crippen molar-refractivity contribution in [1.82, 2.24) is 19.7 Å². The van der Waals surface area contributed by atoms with Gasteiger partial charge in [-0.3, -0.25) is 9.78 Å². The fourth-order valence-electron chi connectivity index (χ4n) is 3.00. The third-order valence-electron chi connectivity index (χ3n) is 4.42. The van der Waals surface area contributed by atoms with Crippen LogP contribution in [0.15, 0.2) is 29.2 Å². The van der Waals surface area contributed by atoms with E-state index in [1.54, 1.807) is 0 Å². The fraction of sp³-hybridized carbons (Fsp3) is 0.353. The van der Waals surface area contributed by atoms with E-state index in [2.05, 4.69) is 15.1 Å². The van der Waals surface area contributed by atoms with Crippen LogP contribution in [0.4, 0.5) is 19.1 Å². The van der Waals surface area contributed by atoms with Gasteiger partial charge in [-0.2, -0.15) is 18.2 Å². The molecule has 1 saturated heterocycles. The summed E-state index contributed by atoms with van der Waals surface area (Å²) in [5.74, 6) is 0.381. The molecule has 0 saturated carbocycles. The van der Waals surface area contributed by atoms with E-state index in [1.165, 1.54) is 16.9 Å². The number of halogens is 4. The summed E-state index contributed by atoms with van der Waals surface area (Å²) in [5.41, 5.74) is -0.851. The van der Waals surface area contributed by atoms with Gasteiger partial charge in [0.25, 0.3) is 5.56 Å². The number of nitrogens with one attached hydrogen (secondary N) is 1. The topological polar surface area (TPSA) is 76.0 Å². The zero-order chi connectivity index (χ0) is 19.9. The molecule has 0 radical (unpaired) electrons. The molecule has 1 aliphatic rings. The Labute approximate surface area is 161 Å². The van der Waals surface area contributed by atoms with Gasteiger partial charge < -0.3 is 9.64 Å². The third kappa shape index (κ3) is 3.57. The molecule has 1 aromatic carbocycles. The Morgan fingerprint density at radius 1 is 1.21 bits per heavy atom. The van der Waals surface area contributed by atoms with Gasteiger partial charge in [0.1, 0.15) is 5.39 Å². The number of nitrogens with zero attached hydrogens (tertiary/aromatic N) is 4. The summed E-state index contributed by atoms with van der Waals surface area (Å²) in [6, 6.07) is 2.94. The van der Waals surface area contributed by atoms with Crippen molar-refractivity contribution < 1.29 is 17.9 Å². The molecule has 0 bridgehead atoms. The molecule has 3 heterocycles. The van der Waals surface area contributed by atoms with Crippen molar-refractivity contribution in [3.63, 3.8) is 0 Å². The van der Waals surface area contributed by atoms with Crippen molar-refractivity contribution in [2.24, 2.45) is 0 Å². The molecule has 1 aliphatic heterocycles. The Balaban J connectivity index is 1.74. The molecule has 4 rings (SSSR count). The minimum atomic E-state index is -4.50. The number of hydrogen-bond donors (Lipinski definition) is 1. The highest BCUT2D eigenvalue weighted by Crippen LogP contribution is 2.33. The number of ether oxygens (including phenoxy) is 1. The first-order chi connectivity index (χ1) is 13.3.